The largest absolute Gasteiger partial charge is 0.385 e. The minimum Gasteiger partial charge on any atom is -0.385 e. The molecule has 1 heterocycles. The Morgan fingerprint density at radius 3 is 3.00 bits per heavy atom. The molecular formula is C4H6ClN3. The van der Waals surface area contributed by atoms with Crippen molar-refractivity contribution in [3.8, 4) is 0 Å². The molecule has 0 atom stereocenters. The molecule has 0 aromatic carbocycles. The predicted molar refractivity (Wildman–Crippen MR) is 33.6 cm³/mol. The van der Waals surface area contributed by atoms with Crippen LogP contribution in [0.15, 0.2) is 16.9 Å². The van der Waals surface area contributed by atoms with Gasteiger partial charge in [-0.1, -0.05) is 0 Å². The number of nitrogens with one attached hydrogen (secondary N) is 1. The van der Waals surface area contributed by atoms with Gasteiger partial charge in [0.1, 0.15) is 5.82 Å². The molecule has 0 fully saturated rings. The summed E-state index contributed by atoms with van der Waals surface area (Å²) in [5.74, 6) is 0.574. The van der Waals surface area contributed by atoms with Gasteiger partial charge in [0, 0.05) is 0 Å². The van der Waals surface area contributed by atoms with Crippen LogP contribution in [0.25, 0.3) is 0 Å². The topological polar surface area (TPSA) is 50.4 Å². The lowest BCUT2D eigenvalue weighted by atomic mass is 10.5. The molecule has 0 amide bonds. The third kappa shape index (κ3) is 1.13. The number of rotatable bonds is 0. The van der Waals surface area contributed by atoms with Crippen molar-refractivity contribution in [3.63, 3.8) is 0 Å². The van der Waals surface area contributed by atoms with Crippen LogP contribution in [0.1, 0.15) is 0 Å². The molecule has 1 rings (SSSR count). The highest BCUT2D eigenvalue weighted by atomic mass is 35.5. The van der Waals surface area contributed by atoms with Crippen LogP contribution < -0.4 is 11.1 Å². The fourth-order valence-electron chi connectivity index (χ4n) is 0.434. The maximum atomic E-state index is 5.43. The summed E-state index contributed by atoms with van der Waals surface area (Å²) in [5.41, 5.74) is 5.31. The molecule has 4 heteroatoms. The standard InChI is InChI=1S/C4H6ClN3/c5-4-7-2-1-3(6)8-4/h1H,2,6H2,(H,7,8). The Labute approximate surface area is 52.2 Å². The fourth-order valence-corrected chi connectivity index (χ4v) is 0.612. The van der Waals surface area contributed by atoms with Gasteiger partial charge in [0.25, 0.3) is 0 Å². The highest BCUT2D eigenvalue weighted by Gasteiger charge is 1.97. The Hall–Kier alpha value is -0.700. The molecule has 3 N–H and O–H groups in total. The second-order valence-corrected chi connectivity index (χ2v) is 1.77. The summed E-state index contributed by atoms with van der Waals surface area (Å²) in [5, 5.41) is 3.00. The van der Waals surface area contributed by atoms with Gasteiger partial charge in [-0.25, -0.2) is 0 Å². The van der Waals surface area contributed by atoms with Gasteiger partial charge in [-0.15, -0.1) is 0 Å². The minimum absolute atomic E-state index is 0.366. The van der Waals surface area contributed by atoms with Crippen molar-refractivity contribution in [2.24, 2.45) is 10.7 Å². The van der Waals surface area contributed by atoms with Crippen molar-refractivity contribution < 1.29 is 0 Å². The molecule has 44 valence electrons. The first-order valence-electron chi connectivity index (χ1n) is 2.21. The Morgan fingerprint density at radius 2 is 2.62 bits per heavy atom. The van der Waals surface area contributed by atoms with Crippen LogP contribution in [-0.4, -0.2) is 11.8 Å². The number of nitrogens with zero attached hydrogens (tertiary/aromatic N) is 1. The van der Waals surface area contributed by atoms with Gasteiger partial charge in [0.15, 0.2) is 5.29 Å². The van der Waals surface area contributed by atoms with E-state index in [0.717, 1.165) is 0 Å². The summed E-state index contributed by atoms with van der Waals surface area (Å²) in [6.07, 6.45) is 1.76. The van der Waals surface area contributed by atoms with Crippen molar-refractivity contribution >= 4 is 16.9 Å². The molecule has 0 aromatic rings. The van der Waals surface area contributed by atoms with E-state index in [-0.39, 0.29) is 0 Å². The third-order valence-electron chi connectivity index (χ3n) is 0.789. The molecule has 8 heavy (non-hydrogen) atoms. The predicted octanol–water partition coefficient (Wildman–Crippen LogP) is -0.0155. The highest BCUT2D eigenvalue weighted by Crippen LogP contribution is 1.92. The van der Waals surface area contributed by atoms with Gasteiger partial charge >= 0.3 is 0 Å². The van der Waals surface area contributed by atoms with Crippen molar-refractivity contribution in [2.75, 3.05) is 6.54 Å². The van der Waals surface area contributed by atoms with Gasteiger partial charge in [0.2, 0.25) is 0 Å². The molecule has 0 saturated carbocycles. The van der Waals surface area contributed by atoms with E-state index in [1.807, 2.05) is 0 Å². The molecule has 0 saturated heterocycles. The molecule has 1 aliphatic rings. The van der Waals surface area contributed by atoms with Crippen molar-refractivity contribution in [2.45, 2.75) is 0 Å². The van der Waals surface area contributed by atoms with E-state index in [1.54, 1.807) is 6.08 Å². The lowest BCUT2D eigenvalue weighted by Gasteiger charge is -2.06. The van der Waals surface area contributed by atoms with E-state index >= 15 is 0 Å². The smallest absolute Gasteiger partial charge is 0.197 e. The summed E-state index contributed by atoms with van der Waals surface area (Å²) in [4.78, 5) is 3.79. The molecule has 0 bridgehead atoms. The molecule has 0 unspecified atom stereocenters. The Balaban J connectivity index is 2.57. The van der Waals surface area contributed by atoms with E-state index in [2.05, 4.69) is 10.3 Å². The minimum atomic E-state index is 0.366. The maximum absolute atomic E-state index is 5.43. The summed E-state index contributed by atoms with van der Waals surface area (Å²) in [6.45, 7) is 0.581. The van der Waals surface area contributed by atoms with E-state index in [9.17, 15) is 0 Å². The van der Waals surface area contributed by atoms with E-state index in [1.165, 1.54) is 0 Å². The number of aliphatic imine (C=N–C) groups is 1. The van der Waals surface area contributed by atoms with E-state index in [0.29, 0.717) is 17.7 Å². The monoisotopic (exact) mass is 131 g/mol. The number of hydrogen-bond acceptors (Lipinski definition) is 3. The summed E-state index contributed by atoms with van der Waals surface area (Å²) in [7, 11) is 0. The summed E-state index contributed by atoms with van der Waals surface area (Å²) in [6, 6.07) is 0. The lowest BCUT2D eigenvalue weighted by molar-refractivity contribution is 1.01. The van der Waals surface area contributed by atoms with Gasteiger partial charge in [-0.3, -0.25) is 4.99 Å². The molecule has 0 spiro atoms. The first-order chi connectivity index (χ1) is 3.79. The van der Waals surface area contributed by atoms with Crippen LogP contribution in [0.5, 0.6) is 0 Å². The fraction of sp³-hybridized carbons (Fsp3) is 0.250. The van der Waals surface area contributed by atoms with E-state index < -0.39 is 0 Å². The zero-order valence-electron chi connectivity index (χ0n) is 4.19. The first kappa shape index (κ1) is 5.44. The van der Waals surface area contributed by atoms with Crippen molar-refractivity contribution in [1.29, 1.82) is 0 Å². The average Bonchev–Trinajstić information content (AvgIpc) is 1.64. The zero-order chi connectivity index (χ0) is 5.98. The zero-order valence-corrected chi connectivity index (χ0v) is 4.94. The maximum Gasteiger partial charge on any atom is 0.197 e. The molecule has 1 aliphatic heterocycles. The lowest BCUT2D eigenvalue weighted by Crippen LogP contribution is -2.26. The molecular weight excluding hydrogens is 126 g/mol. The van der Waals surface area contributed by atoms with Gasteiger partial charge in [0.05, 0.1) is 6.54 Å². The quantitative estimate of drug-likeness (QED) is 0.454. The second kappa shape index (κ2) is 2.05. The molecule has 0 aromatic heterocycles. The average molecular weight is 132 g/mol. The molecule has 0 radical (unpaired) electrons. The third-order valence-corrected chi connectivity index (χ3v) is 1.00. The van der Waals surface area contributed by atoms with Crippen molar-refractivity contribution in [1.82, 2.24) is 5.32 Å². The Bertz CT molecular complexity index is 133. The van der Waals surface area contributed by atoms with Gasteiger partial charge < -0.3 is 11.1 Å². The first-order valence-corrected chi connectivity index (χ1v) is 2.59. The number of hydrogen-bond donors (Lipinski definition) is 2. The van der Waals surface area contributed by atoms with Gasteiger partial charge in [-0.2, -0.15) is 0 Å². The molecule has 0 aliphatic carbocycles. The van der Waals surface area contributed by atoms with Crippen LogP contribution in [0.3, 0.4) is 0 Å². The Morgan fingerprint density at radius 1 is 1.88 bits per heavy atom. The van der Waals surface area contributed by atoms with Crippen LogP contribution in [0.4, 0.5) is 0 Å². The Kier molecular flexibility index (Phi) is 1.39. The number of amidine groups is 1. The van der Waals surface area contributed by atoms with Crippen LogP contribution >= 0.6 is 11.6 Å². The summed E-state index contributed by atoms with van der Waals surface area (Å²) >= 11 is 5.43. The van der Waals surface area contributed by atoms with E-state index in [4.69, 9.17) is 17.3 Å². The summed E-state index contributed by atoms with van der Waals surface area (Å²) < 4.78 is 0. The van der Waals surface area contributed by atoms with Gasteiger partial charge in [-0.05, 0) is 17.7 Å². The van der Waals surface area contributed by atoms with Crippen molar-refractivity contribution in [3.05, 3.63) is 11.9 Å². The van der Waals surface area contributed by atoms with Crippen LogP contribution in [0, 0.1) is 0 Å². The van der Waals surface area contributed by atoms with Crippen LogP contribution in [0.2, 0.25) is 0 Å². The number of halogens is 1. The number of nitrogens with two attached hydrogens (primary N) is 1. The second-order valence-electron chi connectivity index (χ2n) is 1.42. The highest BCUT2D eigenvalue weighted by molar-refractivity contribution is 6.64. The SMILES string of the molecule is NC1=CCN=C(Cl)N1. The normalized spacial score (nSPS) is 18.6. The molecule has 3 nitrogen and oxygen atoms in total. The van der Waals surface area contributed by atoms with Crippen LogP contribution in [-0.2, 0) is 0 Å².